The van der Waals surface area contributed by atoms with Crippen LogP contribution in [0, 0.1) is 6.92 Å². The SMILES string of the molecule is Cc1ccc(OCCc2ccncc2)c([C@H](C)O)c1. The van der Waals surface area contributed by atoms with Crippen molar-refractivity contribution in [3.63, 3.8) is 0 Å². The smallest absolute Gasteiger partial charge is 0.125 e. The summed E-state index contributed by atoms with van der Waals surface area (Å²) in [5, 5.41) is 9.76. The molecule has 0 radical (unpaired) electrons. The number of benzene rings is 1. The lowest BCUT2D eigenvalue weighted by Crippen LogP contribution is -2.05. The van der Waals surface area contributed by atoms with Crippen molar-refractivity contribution in [2.45, 2.75) is 26.4 Å². The van der Waals surface area contributed by atoms with Gasteiger partial charge in [-0.3, -0.25) is 4.98 Å². The van der Waals surface area contributed by atoms with Gasteiger partial charge in [0, 0.05) is 24.4 Å². The predicted octanol–water partition coefficient (Wildman–Crippen LogP) is 3.06. The molecule has 0 aliphatic heterocycles. The molecule has 19 heavy (non-hydrogen) atoms. The van der Waals surface area contributed by atoms with E-state index < -0.39 is 6.10 Å². The first-order valence-corrected chi connectivity index (χ1v) is 6.47. The Morgan fingerprint density at radius 2 is 1.95 bits per heavy atom. The topological polar surface area (TPSA) is 42.4 Å². The highest BCUT2D eigenvalue weighted by Crippen LogP contribution is 2.26. The Hall–Kier alpha value is -1.87. The van der Waals surface area contributed by atoms with E-state index in [1.165, 1.54) is 5.56 Å². The lowest BCUT2D eigenvalue weighted by Gasteiger charge is -2.14. The molecule has 3 nitrogen and oxygen atoms in total. The number of aryl methyl sites for hydroxylation is 1. The van der Waals surface area contributed by atoms with Crippen molar-refractivity contribution >= 4 is 0 Å². The van der Waals surface area contributed by atoms with Gasteiger partial charge >= 0.3 is 0 Å². The van der Waals surface area contributed by atoms with Crippen LogP contribution in [0.4, 0.5) is 0 Å². The van der Waals surface area contributed by atoms with Crippen LogP contribution in [0.25, 0.3) is 0 Å². The first-order chi connectivity index (χ1) is 9.16. The maximum atomic E-state index is 9.76. The number of nitrogens with zero attached hydrogens (tertiary/aromatic N) is 1. The molecule has 100 valence electrons. The summed E-state index contributed by atoms with van der Waals surface area (Å²) in [7, 11) is 0. The van der Waals surface area contributed by atoms with E-state index in [1.54, 1.807) is 19.3 Å². The highest BCUT2D eigenvalue weighted by molar-refractivity contribution is 5.38. The van der Waals surface area contributed by atoms with E-state index >= 15 is 0 Å². The van der Waals surface area contributed by atoms with Gasteiger partial charge in [0.15, 0.2) is 0 Å². The highest BCUT2D eigenvalue weighted by atomic mass is 16.5. The number of hydrogen-bond donors (Lipinski definition) is 1. The summed E-state index contributed by atoms with van der Waals surface area (Å²) >= 11 is 0. The lowest BCUT2D eigenvalue weighted by atomic mass is 10.1. The molecule has 1 aromatic carbocycles. The third kappa shape index (κ3) is 3.80. The zero-order valence-corrected chi connectivity index (χ0v) is 11.3. The van der Waals surface area contributed by atoms with Gasteiger partial charge in [-0.1, -0.05) is 11.6 Å². The van der Waals surface area contributed by atoms with Gasteiger partial charge in [-0.25, -0.2) is 0 Å². The van der Waals surface area contributed by atoms with E-state index in [0.29, 0.717) is 6.61 Å². The summed E-state index contributed by atoms with van der Waals surface area (Å²) in [6.45, 7) is 4.35. The van der Waals surface area contributed by atoms with E-state index in [1.807, 2.05) is 37.3 Å². The van der Waals surface area contributed by atoms with E-state index in [0.717, 1.165) is 23.3 Å². The van der Waals surface area contributed by atoms with Crippen LogP contribution in [0.2, 0.25) is 0 Å². The van der Waals surface area contributed by atoms with Gasteiger partial charge in [-0.05, 0) is 43.7 Å². The molecule has 0 unspecified atom stereocenters. The molecule has 0 bridgehead atoms. The number of aromatic nitrogens is 1. The van der Waals surface area contributed by atoms with Crippen LogP contribution >= 0.6 is 0 Å². The molecule has 0 spiro atoms. The number of hydrogen-bond acceptors (Lipinski definition) is 3. The fourth-order valence-electron chi connectivity index (χ4n) is 1.95. The molecule has 1 N–H and O–H groups in total. The second kappa shape index (κ2) is 6.34. The zero-order chi connectivity index (χ0) is 13.7. The van der Waals surface area contributed by atoms with Gasteiger partial charge in [-0.2, -0.15) is 0 Å². The standard InChI is InChI=1S/C16H19NO2/c1-12-3-4-16(15(11-12)13(2)18)19-10-7-14-5-8-17-9-6-14/h3-6,8-9,11,13,18H,7,10H2,1-2H3/t13-/m0/s1. The first kappa shape index (κ1) is 13.6. The fourth-order valence-corrected chi connectivity index (χ4v) is 1.95. The van der Waals surface area contributed by atoms with E-state index in [4.69, 9.17) is 4.74 Å². The Bertz CT molecular complexity index is 524. The zero-order valence-electron chi connectivity index (χ0n) is 11.3. The molecule has 1 heterocycles. The second-order valence-corrected chi connectivity index (χ2v) is 4.67. The van der Waals surface area contributed by atoms with Gasteiger partial charge in [0.2, 0.25) is 0 Å². The monoisotopic (exact) mass is 257 g/mol. The molecule has 2 rings (SSSR count). The van der Waals surface area contributed by atoms with Gasteiger partial charge in [0.05, 0.1) is 12.7 Å². The largest absolute Gasteiger partial charge is 0.493 e. The minimum absolute atomic E-state index is 0.518. The van der Waals surface area contributed by atoms with E-state index in [9.17, 15) is 5.11 Å². The van der Waals surface area contributed by atoms with Crippen LogP contribution < -0.4 is 4.74 Å². The number of ether oxygens (including phenoxy) is 1. The van der Waals surface area contributed by atoms with Crippen LogP contribution in [0.5, 0.6) is 5.75 Å². The maximum absolute atomic E-state index is 9.76. The average Bonchev–Trinajstić information content (AvgIpc) is 2.41. The molecule has 0 fully saturated rings. The molecular formula is C16H19NO2. The predicted molar refractivity (Wildman–Crippen MR) is 75.2 cm³/mol. The number of rotatable bonds is 5. The summed E-state index contributed by atoms with van der Waals surface area (Å²) < 4.78 is 5.78. The molecule has 1 aromatic heterocycles. The van der Waals surface area contributed by atoms with Crippen molar-refractivity contribution in [1.29, 1.82) is 0 Å². The quantitative estimate of drug-likeness (QED) is 0.895. The molecule has 1 atom stereocenters. The molecule has 0 aliphatic rings. The Balaban J connectivity index is 2.00. The van der Waals surface area contributed by atoms with Gasteiger partial charge in [0.1, 0.15) is 5.75 Å². The van der Waals surface area contributed by atoms with Crippen molar-refractivity contribution in [3.05, 3.63) is 59.4 Å². The molecular weight excluding hydrogens is 238 g/mol. The minimum Gasteiger partial charge on any atom is -0.493 e. The molecule has 0 saturated heterocycles. The van der Waals surface area contributed by atoms with E-state index in [-0.39, 0.29) is 0 Å². The van der Waals surface area contributed by atoms with Crippen LogP contribution in [0.3, 0.4) is 0 Å². The molecule has 0 saturated carbocycles. The summed E-state index contributed by atoms with van der Waals surface area (Å²) in [5.41, 5.74) is 3.16. The highest BCUT2D eigenvalue weighted by Gasteiger charge is 2.09. The number of aliphatic hydroxyl groups excluding tert-OH is 1. The Morgan fingerprint density at radius 3 is 2.63 bits per heavy atom. The minimum atomic E-state index is -0.518. The number of pyridine rings is 1. The second-order valence-electron chi connectivity index (χ2n) is 4.67. The van der Waals surface area contributed by atoms with Crippen molar-refractivity contribution in [2.75, 3.05) is 6.61 Å². The Labute approximate surface area is 113 Å². The van der Waals surface area contributed by atoms with Gasteiger partial charge in [-0.15, -0.1) is 0 Å². The Kier molecular flexibility index (Phi) is 4.53. The van der Waals surface area contributed by atoms with Crippen LogP contribution in [-0.2, 0) is 6.42 Å². The van der Waals surface area contributed by atoms with Crippen LogP contribution in [0.1, 0.15) is 29.7 Å². The van der Waals surface area contributed by atoms with Crippen LogP contribution in [-0.4, -0.2) is 16.7 Å². The number of aliphatic hydroxyl groups is 1. The Morgan fingerprint density at radius 1 is 1.21 bits per heavy atom. The van der Waals surface area contributed by atoms with Gasteiger partial charge in [0.25, 0.3) is 0 Å². The maximum Gasteiger partial charge on any atom is 0.125 e. The first-order valence-electron chi connectivity index (χ1n) is 6.47. The van der Waals surface area contributed by atoms with E-state index in [2.05, 4.69) is 4.98 Å². The van der Waals surface area contributed by atoms with Crippen LogP contribution in [0.15, 0.2) is 42.7 Å². The third-order valence-corrected chi connectivity index (χ3v) is 3.01. The summed E-state index contributed by atoms with van der Waals surface area (Å²) in [6, 6.07) is 9.84. The fraction of sp³-hybridized carbons (Fsp3) is 0.312. The summed E-state index contributed by atoms with van der Waals surface area (Å²) in [6.07, 6.45) is 3.87. The van der Waals surface area contributed by atoms with Crippen molar-refractivity contribution in [2.24, 2.45) is 0 Å². The van der Waals surface area contributed by atoms with Crippen molar-refractivity contribution in [1.82, 2.24) is 4.98 Å². The normalized spacial score (nSPS) is 12.2. The summed E-state index contributed by atoms with van der Waals surface area (Å²) in [4.78, 5) is 3.98. The molecule has 3 heteroatoms. The summed E-state index contributed by atoms with van der Waals surface area (Å²) in [5.74, 6) is 0.759. The molecule has 2 aromatic rings. The third-order valence-electron chi connectivity index (χ3n) is 3.01. The lowest BCUT2D eigenvalue weighted by molar-refractivity contribution is 0.191. The van der Waals surface area contributed by atoms with Gasteiger partial charge < -0.3 is 9.84 Å². The average molecular weight is 257 g/mol. The molecule has 0 amide bonds. The van der Waals surface area contributed by atoms with Crippen molar-refractivity contribution in [3.8, 4) is 5.75 Å². The molecule has 0 aliphatic carbocycles. The van der Waals surface area contributed by atoms with Crippen molar-refractivity contribution < 1.29 is 9.84 Å².